The molecule has 4 aliphatic rings. The second-order valence-electron chi connectivity index (χ2n) is 19.2. The van der Waals surface area contributed by atoms with Gasteiger partial charge < -0.3 is 24.8 Å². The van der Waals surface area contributed by atoms with Gasteiger partial charge in [-0.05, 0) is 0 Å². The fourth-order valence-corrected chi connectivity index (χ4v) is 23.5. The zero-order chi connectivity index (χ0) is 39.2. The van der Waals surface area contributed by atoms with Crippen LogP contribution in [0, 0.1) is 11.3 Å². The molecule has 4 aromatic rings. The first-order valence-electron chi connectivity index (χ1n) is 20.3. The van der Waals surface area contributed by atoms with E-state index in [9.17, 15) is 0 Å². The van der Waals surface area contributed by atoms with Crippen LogP contribution in [0.4, 0.5) is 0 Å². The van der Waals surface area contributed by atoms with Gasteiger partial charge >= 0.3 is 347 Å². The first kappa shape index (κ1) is 44.2. The Morgan fingerprint density at radius 2 is 1.09 bits per heavy atom. The van der Waals surface area contributed by atoms with Gasteiger partial charge in [-0.25, -0.2) is 0 Å². The topological polar surface area (TPSA) is 0 Å². The van der Waals surface area contributed by atoms with Crippen LogP contribution in [0.5, 0.6) is 0 Å². The summed E-state index contributed by atoms with van der Waals surface area (Å²) in [6, 6.07) is 27.9. The zero-order valence-electron chi connectivity index (χ0n) is 35.2. The number of fused-ring (bicyclic) bond motifs is 5. The molecule has 1 unspecified atom stereocenters. The summed E-state index contributed by atoms with van der Waals surface area (Å²) < 4.78 is 7.47. The summed E-state index contributed by atoms with van der Waals surface area (Å²) in [4.78, 5) is 0. The Bertz CT molecular complexity index is 2360. The van der Waals surface area contributed by atoms with Gasteiger partial charge in [-0.15, -0.1) is 0 Å². The fourth-order valence-electron chi connectivity index (χ4n) is 9.98. The largest absolute Gasteiger partial charge is 1.00 e. The van der Waals surface area contributed by atoms with Gasteiger partial charge in [-0.2, -0.15) is 0 Å². The van der Waals surface area contributed by atoms with E-state index in [1.807, 2.05) is 0 Å². The molecule has 8 rings (SSSR count). The van der Waals surface area contributed by atoms with Crippen LogP contribution in [0.1, 0.15) is 137 Å². The van der Waals surface area contributed by atoms with Crippen LogP contribution in [-0.2, 0) is 30.1 Å². The van der Waals surface area contributed by atoms with Crippen molar-refractivity contribution in [3.8, 4) is 11.1 Å². The average molecular weight is 914 g/mol. The van der Waals surface area contributed by atoms with Gasteiger partial charge in [0.15, 0.2) is 0 Å². The normalized spacial score (nSPS) is 18.4. The maximum Gasteiger partial charge on any atom is -1.00 e. The summed E-state index contributed by atoms with van der Waals surface area (Å²) in [5, 5.41) is 1.54. The maximum absolute atomic E-state index is 6.60. The van der Waals surface area contributed by atoms with Crippen LogP contribution in [-0.4, -0.2) is 7.42 Å². The molecule has 4 aromatic carbocycles. The number of allylic oxidation sites excluding steroid dienone is 8. The van der Waals surface area contributed by atoms with E-state index in [2.05, 4.69) is 174 Å². The molecule has 0 aliphatic heterocycles. The number of hydrogen-bond acceptors (Lipinski definition) is 0. The van der Waals surface area contributed by atoms with Crippen molar-refractivity contribution >= 4 is 41.8 Å². The second kappa shape index (κ2) is 15.9. The van der Waals surface area contributed by atoms with Gasteiger partial charge in [0.1, 0.15) is 0 Å². The van der Waals surface area contributed by atoms with Crippen LogP contribution in [0.2, 0.25) is 10.0 Å². The Kier molecular flexibility index (Phi) is 12.3. The van der Waals surface area contributed by atoms with Crippen LogP contribution < -0.4 is 24.8 Å². The van der Waals surface area contributed by atoms with Gasteiger partial charge in [0.2, 0.25) is 0 Å². The smallest absolute Gasteiger partial charge is 1.00 e. The third-order valence-corrected chi connectivity index (χ3v) is 25.5. The van der Waals surface area contributed by atoms with Crippen molar-refractivity contribution in [3.63, 3.8) is 0 Å². The summed E-state index contributed by atoms with van der Waals surface area (Å²) in [5.41, 5.74) is 18.6. The predicted molar refractivity (Wildman–Crippen MR) is 239 cm³/mol. The van der Waals surface area contributed by atoms with Crippen molar-refractivity contribution in [2.75, 3.05) is 0 Å². The summed E-state index contributed by atoms with van der Waals surface area (Å²) >= 11 is 9.05. The van der Waals surface area contributed by atoms with E-state index in [1.165, 1.54) is 72.4 Å². The molecule has 1 atom stereocenters. The molecule has 0 heterocycles. The summed E-state index contributed by atoms with van der Waals surface area (Å²) in [6.45, 7) is 23.9. The van der Waals surface area contributed by atoms with E-state index in [0.29, 0.717) is 5.92 Å². The van der Waals surface area contributed by atoms with Gasteiger partial charge in [0.25, 0.3) is 0 Å². The Morgan fingerprint density at radius 1 is 0.667 bits per heavy atom. The fraction of sp³-hybridized carbons (Fsp3) is 0.346. The SMILES string of the molecule is CCC1C=C(C(C)(C)C)C=[C]1[Zr+2](=[CH]c1ccc(Cl)cc1)(=[CH]c1ccc(Cl)cc1)[CH]1c2cc3c(cc2-c2cc4c(cc21)C(C)(C)CC=C4C)C(C)=CCC3(C)C.[Cl-].[Cl-]. The minimum absolute atomic E-state index is 0. The van der Waals surface area contributed by atoms with Crippen molar-refractivity contribution in [2.24, 2.45) is 11.3 Å². The molecule has 57 heavy (non-hydrogen) atoms. The molecule has 0 radical (unpaired) electrons. The quantitative estimate of drug-likeness (QED) is 0.188. The van der Waals surface area contributed by atoms with Crippen LogP contribution in [0.15, 0.2) is 106 Å². The molecule has 4 aliphatic carbocycles. The number of benzene rings is 4. The Labute approximate surface area is 368 Å². The molecule has 5 heteroatoms. The third-order valence-electron chi connectivity index (χ3n) is 13.4. The summed E-state index contributed by atoms with van der Waals surface area (Å²) in [5.74, 6) is 0.364. The van der Waals surface area contributed by atoms with Crippen molar-refractivity contribution in [2.45, 2.75) is 103 Å². The van der Waals surface area contributed by atoms with E-state index in [-0.39, 0.29) is 44.7 Å². The standard InChI is InChI=1S/C27H29.C11H17.2C7H5Cl.2ClH.Zr/c1-16-7-9-26(3,4)24-12-18-11-19-13-25-21(17(2)8-10-27(25,5)6)15-23(19)22(18)14-20(16)24;1-5-9-6-7-10(8-9)11(2,3)4;2*1-6-2-4-7(8)5-3-6;;;/h7-8,11-15H,9-10H2,1-6H3;7-9H,5H2,1-4H3;2*1-5H;2*1H;/q;;;;;;+2/p-2. The van der Waals surface area contributed by atoms with E-state index >= 15 is 0 Å². The molecule has 0 saturated carbocycles. The van der Waals surface area contributed by atoms with Crippen molar-refractivity contribution in [1.29, 1.82) is 0 Å². The van der Waals surface area contributed by atoms with Crippen LogP contribution in [0.25, 0.3) is 22.3 Å². The van der Waals surface area contributed by atoms with E-state index in [0.717, 1.165) is 29.3 Å². The monoisotopic (exact) mass is 910 g/mol. The summed E-state index contributed by atoms with van der Waals surface area (Å²) in [7, 11) is 0. The third kappa shape index (κ3) is 7.77. The first-order chi connectivity index (χ1) is 25.9. The van der Waals surface area contributed by atoms with Crippen molar-refractivity contribution < 1.29 is 44.1 Å². The predicted octanol–water partition coefficient (Wildman–Crippen LogP) is 8.99. The van der Waals surface area contributed by atoms with Crippen molar-refractivity contribution in [1.82, 2.24) is 0 Å². The number of hydrogen-bond donors (Lipinski definition) is 0. The van der Waals surface area contributed by atoms with Crippen LogP contribution in [0.3, 0.4) is 0 Å². The van der Waals surface area contributed by atoms with E-state index in [4.69, 9.17) is 23.2 Å². The number of rotatable bonds is 5. The van der Waals surface area contributed by atoms with E-state index < -0.39 is 19.3 Å². The Morgan fingerprint density at radius 3 is 1.47 bits per heavy atom. The second-order valence-corrected chi connectivity index (χ2v) is 28.9. The van der Waals surface area contributed by atoms with Gasteiger partial charge in [0, 0.05) is 0 Å². The molecule has 0 spiro atoms. The molecular formula is C52H56Cl4Zr. The molecule has 0 N–H and O–H groups in total. The van der Waals surface area contributed by atoms with Gasteiger partial charge in [-0.1, -0.05) is 0 Å². The molecular weight excluding hydrogens is 858 g/mol. The van der Waals surface area contributed by atoms with E-state index in [1.54, 1.807) is 3.28 Å². The molecule has 0 saturated heterocycles. The van der Waals surface area contributed by atoms with Gasteiger partial charge in [0.05, 0.1) is 0 Å². The molecule has 0 bridgehead atoms. The molecule has 0 fully saturated rings. The minimum Gasteiger partial charge on any atom is -1.00 e. The maximum atomic E-state index is 6.60. The Hall–Kier alpha value is -2.38. The van der Waals surface area contributed by atoms with Crippen molar-refractivity contribution in [3.05, 3.63) is 161 Å². The molecule has 0 aromatic heterocycles. The molecule has 0 nitrogen and oxygen atoms in total. The molecule has 0 amide bonds. The Balaban J connectivity index is 0.00000275. The zero-order valence-corrected chi connectivity index (χ0v) is 40.7. The first-order valence-corrected chi connectivity index (χ1v) is 26.5. The summed E-state index contributed by atoms with van der Waals surface area (Å²) in [6.07, 6.45) is 13.4. The van der Waals surface area contributed by atoms with Gasteiger partial charge in [-0.3, -0.25) is 0 Å². The minimum atomic E-state index is -4.14. The average Bonchev–Trinajstić information content (AvgIpc) is 3.73. The number of halogens is 4. The molecule has 296 valence electrons. The van der Waals surface area contributed by atoms with Crippen LogP contribution >= 0.6 is 23.2 Å².